The zero-order chi connectivity index (χ0) is 13.8. The van der Waals surface area contributed by atoms with Crippen LogP contribution in [0.3, 0.4) is 0 Å². The molecule has 2 aromatic rings. The first kappa shape index (κ1) is 13.5. The van der Waals surface area contributed by atoms with Gasteiger partial charge in [0.25, 0.3) is 0 Å². The molecule has 2 heteroatoms. The maximum absolute atomic E-state index is 3.48. The molecule has 0 saturated heterocycles. The molecule has 1 N–H and O–H groups in total. The highest BCUT2D eigenvalue weighted by Gasteiger charge is 2.01. The van der Waals surface area contributed by atoms with E-state index < -0.39 is 0 Å². The van der Waals surface area contributed by atoms with Gasteiger partial charge in [-0.05, 0) is 54.8 Å². The number of nitrogens with zero attached hydrogens (tertiary/aromatic N) is 1. The summed E-state index contributed by atoms with van der Waals surface area (Å²) in [7, 11) is 4.11. The van der Waals surface area contributed by atoms with Crippen LogP contribution in [0.15, 0.2) is 42.5 Å². The van der Waals surface area contributed by atoms with Crippen LogP contribution in [0.4, 0.5) is 11.4 Å². The van der Waals surface area contributed by atoms with Crippen molar-refractivity contribution in [3.63, 3.8) is 0 Å². The summed E-state index contributed by atoms with van der Waals surface area (Å²) in [4.78, 5) is 2.11. The van der Waals surface area contributed by atoms with E-state index in [1.807, 2.05) is 0 Å². The SMILES string of the molecule is Cc1cccc(CNc2ccc(N(C)C)cc2)c1C. The minimum Gasteiger partial charge on any atom is -0.381 e. The van der Waals surface area contributed by atoms with E-state index in [0.29, 0.717) is 0 Å². The summed E-state index contributed by atoms with van der Waals surface area (Å²) >= 11 is 0. The van der Waals surface area contributed by atoms with Crippen molar-refractivity contribution in [1.82, 2.24) is 0 Å². The maximum Gasteiger partial charge on any atom is 0.0403 e. The molecule has 0 radical (unpaired) electrons. The molecule has 0 aromatic heterocycles. The van der Waals surface area contributed by atoms with Gasteiger partial charge in [-0.1, -0.05) is 18.2 Å². The van der Waals surface area contributed by atoms with Crippen molar-refractivity contribution in [1.29, 1.82) is 0 Å². The molecule has 2 rings (SSSR count). The zero-order valence-electron chi connectivity index (χ0n) is 12.2. The summed E-state index contributed by atoms with van der Waals surface area (Å²) < 4.78 is 0. The third-order valence-electron chi connectivity index (χ3n) is 3.58. The Morgan fingerprint density at radius 3 is 2.26 bits per heavy atom. The largest absolute Gasteiger partial charge is 0.381 e. The van der Waals surface area contributed by atoms with Gasteiger partial charge in [-0.3, -0.25) is 0 Å². The Bertz CT molecular complexity index is 542. The summed E-state index contributed by atoms with van der Waals surface area (Å²) in [5.74, 6) is 0. The van der Waals surface area contributed by atoms with Gasteiger partial charge in [0.05, 0.1) is 0 Å². The summed E-state index contributed by atoms with van der Waals surface area (Å²) in [5, 5.41) is 3.48. The van der Waals surface area contributed by atoms with Gasteiger partial charge in [-0.25, -0.2) is 0 Å². The van der Waals surface area contributed by atoms with E-state index in [1.165, 1.54) is 22.4 Å². The van der Waals surface area contributed by atoms with E-state index in [4.69, 9.17) is 0 Å². The Morgan fingerprint density at radius 1 is 0.947 bits per heavy atom. The van der Waals surface area contributed by atoms with Gasteiger partial charge in [-0.15, -0.1) is 0 Å². The van der Waals surface area contributed by atoms with Gasteiger partial charge in [0, 0.05) is 32.0 Å². The van der Waals surface area contributed by atoms with Gasteiger partial charge < -0.3 is 10.2 Å². The Morgan fingerprint density at radius 2 is 1.63 bits per heavy atom. The molecule has 0 aliphatic carbocycles. The molecule has 0 spiro atoms. The van der Waals surface area contributed by atoms with E-state index in [1.54, 1.807) is 0 Å². The molecule has 0 heterocycles. The summed E-state index contributed by atoms with van der Waals surface area (Å²) in [5.41, 5.74) is 6.46. The van der Waals surface area contributed by atoms with Gasteiger partial charge in [0.1, 0.15) is 0 Å². The number of hydrogen-bond donors (Lipinski definition) is 1. The fourth-order valence-electron chi connectivity index (χ4n) is 2.08. The predicted molar refractivity (Wildman–Crippen MR) is 84.0 cm³/mol. The van der Waals surface area contributed by atoms with Crippen LogP contribution in [0, 0.1) is 13.8 Å². The number of rotatable bonds is 4. The van der Waals surface area contributed by atoms with Crippen molar-refractivity contribution in [3.8, 4) is 0 Å². The van der Waals surface area contributed by atoms with Gasteiger partial charge >= 0.3 is 0 Å². The van der Waals surface area contributed by atoms with E-state index >= 15 is 0 Å². The predicted octanol–water partition coefficient (Wildman–Crippen LogP) is 3.98. The van der Waals surface area contributed by atoms with Crippen LogP contribution in [0.5, 0.6) is 0 Å². The first-order valence-electron chi connectivity index (χ1n) is 6.64. The average molecular weight is 254 g/mol. The van der Waals surface area contributed by atoms with E-state index in [2.05, 4.69) is 80.6 Å². The van der Waals surface area contributed by atoms with Crippen LogP contribution in [0.2, 0.25) is 0 Å². The van der Waals surface area contributed by atoms with Crippen LogP contribution >= 0.6 is 0 Å². The molecule has 0 atom stereocenters. The van der Waals surface area contributed by atoms with Crippen LogP contribution in [-0.4, -0.2) is 14.1 Å². The monoisotopic (exact) mass is 254 g/mol. The lowest BCUT2D eigenvalue weighted by molar-refractivity contribution is 1.10. The number of nitrogens with one attached hydrogen (secondary N) is 1. The van der Waals surface area contributed by atoms with Crippen molar-refractivity contribution in [2.75, 3.05) is 24.3 Å². The van der Waals surface area contributed by atoms with Gasteiger partial charge in [0.15, 0.2) is 0 Å². The highest BCUT2D eigenvalue weighted by molar-refractivity contribution is 5.54. The van der Waals surface area contributed by atoms with E-state index in [0.717, 1.165) is 12.2 Å². The Hall–Kier alpha value is -1.96. The van der Waals surface area contributed by atoms with Crippen molar-refractivity contribution >= 4 is 11.4 Å². The Balaban J connectivity index is 2.04. The topological polar surface area (TPSA) is 15.3 Å². The second kappa shape index (κ2) is 5.79. The minimum absolute atomic E-state index is 0.870. The molecule has 100 valence electrons. The number of anilines is 2. The minimum atomic E-state index is 0.870. The maximum atomic E-state index is 3.48. The van der Waals surface area contributed by atoms with Crippen molar-refractivity contribution < 1.29 is 0 Å². The second-order valence-electron chi connectivity index (χ2n) is 5.15. The number of aryl methyl sites for hydroxylation is 1. The van der Waals surface area contributed by atoms with Gasteiger partial charge in [-0.2, -0.15) is 0 Å². The molecule has 19 heavy (non-hydrogen) atoms. The summed E-state index contributed by atoms with van der Waals surface area (Å²) in [6.07, 6.45) is 0. The van der Waals surface area contributed by atoms with Crippen LogP contribution in [-0.2, 0) is 6.54 Å². The van der Waals surface area contributed by atoms with Crippen molar-refractivity contribution in [3.05, 3.63) is 59.2 Å². The standard InChI is InChI=1S/C17H22N2/c1-13-6-5-7-15(14(13)2)12-18-16-8-10-17(11-9-16)19(3)4/h5-11,18H,12H2,1-4H3. The molecular formula is C17H22N2. The zero-order valence-corrected chi connectivity index (χ0v) is 12.2. The first-order valence-corrected chi connectivity index (χ1v) is 6.64. The quantitative estimate of drug-likeness (QED) is 0.887. The lowest BCUT2D eigenvalue weighted by atomic mass is 10.0. The lowest BCUT2D eigenvalue weighted by Crippen LogP contribution is -2.08. The highest BCUT2D eigenvalue weighted by atomic mass is 15.1. The Kier molecular flexibility index (Phi) is 4.10. The van der Waals surface area contributed by atoms with Crippen LogP contribution in [0.1, 0.15) is 16.7 Å². The molecular weight excluding hydrogens is 232 g/mol. The van der Waals surface area contributed by atoms with Crippen molar-refractivity contribution in [2.45, 2.75) is 20.4 Å². The molecule has 2 aromatic carbocycles. The van der Waals surface area contributed by atoms with E-state index in [-0.39, 0.29) is 0 Å². The molecule has 0 saturated carbocycles. The van der Waals surface area contributed by atoms with Crippen LogP contribution in [0.25, 0.3) is 0 Å². The summed E-state index contributed by atoms with van der Waals surface area (Å²) in [6.45, 7) is 5.21. The number of benzene rings is 2. The third-order valence-corrected chi connectivity index (χ3v) is 3.58. The third kappa shape index (κ3) is 3.28. The smallest absolute Gasteiger partial charge is 0.0403 e. The fraction of sp³-hybridized carbons (Fsp3) is 0.294. The summed E-state index contributed by atoms with van der Waals surface area (Å²) in [6, 6.07) is 15.0. The Labute approximate surface area is 116 Å². The van der Waals surface area contributed by atoms with Gasteiger partial charge in [0.2, 0.25) is 0 Å². The molecule has 0 amide bonds. The van der Waals surface area contributed by atoms with Crippen molar-refractivity contribution in [2.24, 2.45) is 0 Å². The molecule has 0 unspecified atom stereocenters. The van der Waals surface area contributed by atoms with E-state index in [9.17, 15) is 0 Å². The molecule has 2 nitrogen and oxygen atoms in total. The average Bonchev–Trinajstić information content (AvgIpc) is 2.41. The lowest BCUT2D eigenvalue weighted by Gasteiger charge is -2.14. The number of hydrogen-bond acceptors (Lipinski definition) is 2. The fourth-order valence-corrected chi connectivity index (χ4v) is 2.08. The highest BCUT2D eigenvalue weighted by Crippen LogP contribution is 2.18. The molecule has 0 aliphatic rings. The second-order valence-corrected chi connectivity index (χ2v) is 5.15. The molecule has 0 fully saturated rings. The molecule has 0 aliphatic heterocycles. The van der Waals surface area contributed by atoms with Crippen LogP contribution < -0.4 is 10.2 Å². The normalized spacial score (nSPS) is 10.3. The first-order chi connectivity index (χ1) is 9.08. The molecule has 0 bridgehead atoms.